The van der Waals surface area contributed by atoms with Gasteiger partial charge in [0.25, 0.3) is 0 Å². The van der Waals surface area contributed by atoms with Gasteiger partial charge in [0.1, 0.15) is 16.4 Å². The molecule has 2 aromatic rings. The molecule has 0 amide bonds. The SMILES string of the molecule is Cc1nc(C2(O)CCCN(C3CCCC3)CC2)sc1CCOc1ccc(F)c(F)c1. The lowest BCUT2D eigenvalue weighted by molar-refractivity contribution is 0.0196. The Bertz CT molecular complexity index is 869. The molecule has 4 rings (SSSR count). The summed E-state index contributed by atoms with van der Waals surface area (Å²) in [5.74, 6) is -1.48. The average Bonchev–Trinajstić information content (AvgIpc) is 3.33. The van der Waals surface area contributed by atoms with Gasteiger partial charge in [-0.05, 0) is 57.7 Å². The minimum absolute atomic E-state index is 0.311. The summed E-state index contributed by atoms with van der Waals surface area (Å²) in [6, 6.07) is 4.24. The number of aliphatic hydroxyl groups is 1. The van der Waals surface area contributed by atoms with E-state index in [1.807, 2.05) is 6.92 Å². The van der Waals surface area contributed by atoms with E-state index in [0.717, 1.165) is 60.1 Å². The second-order valence-corrected chi connectivity index (χ2v) is 9.64. The van der Waals surface area contributed by atoms with E-state index in [1.54, 1.807) is 11.3 Å². The zero-order valence-corrected chi connectivity index (χ0v) is 18.3. The van der Waals surface area contributed by atoms with Crippen LogP contribution in [0, 0.1) is 18.6 Å². The van der Waals surface area contributed by atoms with Crippen molar-refractivity contribution >= 4 is 11.3 Å². The molecular weight excluding hydrogens is 406 g/mol. The van der Waals surface area contributed by atoms with E-state index >= 15 is 0 Å². The van der Waals surface area contributed by atoms with Crippen LogP contribution < -0.4 is 4.74 Å². The molecule has 0 spiro atoms. The Hall–Kier alpha value is -1.57. The third-order valence-electron chi connectivity index (χ3n) is 6.47. The molecule has 30 heavy (non-hydrogen) atoms. The standard InChI is InChI=1S/C23H30F2N2O2S/c1-16-21(9-14-29-18-7-8-19(24)20(25)15-18)30-22(26-16)23(28)10-4-12-27(13-11-23)17-5-2-3-6-17/h7-8,15,17,28H,2-6,9-14H2,1H3. The van der Waals surface area contributed by atoms with Crippen molar-refractivity contribution in [3.05, 3.63) is 45.4 Å². The number of aromatic nitrogens is 1. The molecule has 1 saturated carbocycles. The predicted octanol–water partition coefficient (Wildman–Crippen LogP) is 4.97. The van der Waals surface area contributed by atoms with Gasteiger partial charge in [0.05, 0.1) is 12.3 Å². The minimum Gasteiger partial charge on any atom is -0.493 e. The van der Waals surface area contributed by atoms with Crippen LogP contribution in [0.25, 0.3) is 0 Å². The summed E-state index contributed by atoms with van der Waals surface area (Å²) in [5, 5.41) is 12.2. The fourth-order valence-electron chi connectivity index (χ4n) is 4.68. The number of likely N-dealkylation sites (tertiary alicyclic amines) is 1. The van der Waals surface area contributed by atoms with Crippen molar-refractivity contribution in [3.63, 3.8) is 0 Å². The lowest BCUT2D eigenvalue weighted by Crippen LogP contribution is -2.35. The summed E-state index contributed by atoms with van der Waals surface area (Å²) in [4.78, 5) is 8.35. The van der Waals surface area contributed by atoms with Crippen LogP contribution >= 0.6 is 11.3 Å². The number of ether oxygens (including phenoxy) is 1. The molecule has 7 heteroatoms. The third kappa shape index (κ3) is 4.84. The number of rotatable bonds is 6. The highest BCUT2D eigenvalue weighted by molar-refractivity contribution is 7.11. The van der Waals surface area contributed by atoms with Gasteiger partial charge >= 0.3 is 0 Å². The first kappa shape index (κ1) is 21.7. The lowest BCUT2D eigenvalue weighted by Gasteiger charge is -2.28. The first-order valence-electron chi connectivity index (χ1n) is 11.0. The predicted molar refractivity (Wildman–Crippen MR) is 114 cm³/mol. The van der Waals surface area contributed by atoms with Gasteiger partial charge in [-0.25, -0.2) is 13.8 Å². The molecule has 1 N–H and O–H groups in total. The van der Waals surface area contributed by atoms with E-state index in [-0.39, 0.29) is 0 Å². The molecule has 0 bridgehead atoms. The summed E-state index contributed by atoms with van der Waals surface area (Å²) in [6.45, 7) is 4.29. The number of nitrogens with zero attached hydrogens (tertiary/aromatic N) is 2. The molecule has 1 aliphatic heterocycles. The number of halogens is 2. The lowest BCUT2D eigenvalue weighted by atomic mass is 9.96. The maximum absolute atomic E-state index is 13.3. The Morgan fingerprint density at radius 2 is 1.97 bits per heavy atom. The zero-order chi connectivity index (χ0) is 21.1. The van der Waals surface area contributed by atoms with Gasteiger partial charge in [0.15, 0.2) is 11.6 Å². The van der Waals surface area contributed by atoms with E-state index in [9.17, 15) is 13.9 Å². The molecule has 1 aromatic heterocycles. The van der Waals surface area contributed by atoms with Gasteiger partial charge in [-0.3, -0.25) is 0 Å². The first-order chi connectivity index (χ1) is 14.4. The average molecular weight is 437 g/mol. The fourth-order valence-corrected chi connectivity index (χ4v) is 5.86. The molecule has 2 heterocycles. The summed E-state index contributed by atoms with van der Waals surface area (Å²) < 4.78 is 31.9. The van der Waals surface area contributed by atoms with E-state index in [1.165, 1.54) is 31.7 Å². The quantitative estimate of drug-likeness (QED) is 0.695. The summed E-state index contributed by atoms with van der Waals surface area (Å²) >= 11 is 1.55. The molecule has 1 saturated heterocycles. The van der Waals surface area contributed by atoms with E-state index in [4.69, 9.17) is 9.72 Å². The Morgan fingerprint density at radius 3 is 2.73 bits per heavy atom. The molecule has 2 aliphatic rings. The largest absolute Gasteiger partial charge is 0.493 e. The Kier molecular flexibility index (Phi) is 6.70. The summed E-state index contributed by atoms with van der Waals surface area (Å²) in [6.07, 6.45) is 8.30. The van der Waals surface area contributed by atoms with Crippen molar-refractivity contribution in [2.24, 2.45) is 0 Å². The molecule has 164 valence electrons. The van der Waals surface area contributed by atoms with Gasteiger partial charge in [0.2, 0.25) is 0 Å². The van der Waals surface area contributed by atoms with Crippen LogP contribution in [-0.4, -0.2) is 40.7 Å². The topological polar surface area (TPSA) is 45.6 Å². The molecule has 1 aromatic carbocycles. The third-order valence-corrected chi connectivity index (χ3v) is 7.88. The Balaban J connectivity index is 1.36. The van der Waals surface area contributed by atoms with Crippen LogP contribution in [0.5, 0.6) is 5.75 Å². The molecule has 1 aliphatic carbocycles. The van der Waals surface area contributed by atoms with Gasteiger partial charge < -0.3 is 14.7 Å². The second-order valence-electron chi connectivity index (χ2n) is 8.56. The van der Waals surface area contributed by atoms with Crippen molar-refractivity contribution in [2.45, 2.75) is 69.9 Å². The second kappa shape index (κ2) is 9.28. The normalized spacial score (nSPS) is 23.6. The molecular formula is C23H30F2N2O2S. The van der Waals surface area contributed by atoms with Crippen molar-refractivity contribution in [1.29, 1.82) is 0 Å². The van der Waals surface area contributed by atoms with Crippen LogP contribution in [0.3, 0.4) is 0 Å². The summed E-state index contributed by atoms with van der Waals surface area (Å²) in [7, 11) is 0. The van der Waals surface area contributed by atoms with Crippen LogP contribution in [-0.2, 0) is 12.0 Å². The number of hydrogen-bond donors (Lipinski definition) is 1. The Labute approximate surface area is 180 Å². The van der Waals surface area contributed by atoms with Crippen LogP contribution in [0.2, 0.25) is 0 Å². The van der Waals surface area contributed by atoms with E-state index in [0.29, 0.717) is 24.8 Å². The van der Waals surface area contributed by atoms with Gasteiger partial charge in [-0.15, -0.1) is 11.3 Å². The highest BCUT2D eigenvalue weighted by atomic mass is 32.1. The van der Waals surface area contributed by atoms with E-state index in [2.05, 4.69) is 4.90 Å². The molecule has 2 fully saturated rings. The van der Waals surface area contributed by atoms with Crippen molar-refractivity contribution in [3.8, 4) is 5.75 Å². The number of aryl methyl sites for hydroxylation is 1. The van der Waals surface area contributed by atoms with E-state index < -0.39 is 17.2 Å². The highest BCUT2D eigenvalue weighted by Crippen LogP contribution is 2.38. The number of benzene rings is 1. The number of hydrogen-bond acceptors (Lipinski definition) is 5. The fraction of sp³-hybridized carbons (Fsp3) is 0.609. The van der Waals surface area contributed by atoms with Gasteiger partial charge in [-0.1, -0.05) is 12.8 Å². The molecule has 4 nitrogen and oxygen atoms in total. The summed E-state index contributed by atoms with van der Waals surface area (Å²) in [5.41, 5.74) is 0.0522. The Morgan fingerprint density at radius 1 is 1.17 bits per heavy atom. The van der Waals surface area contributed by atoms with Gasteiger partial charge in [0, 0.05) is 30.0 Å². The van der Waals surface area contributed by atoms with Crippen molar-refractivity contribution in [2.75, 3.05) is 19.7 Å². The number of thiazole rings is 1. The molecule has 1 atom stereocenters. The monoisotopic (exact) mass is 436 g/mol. The minimum atomic E-state index is -0.911. The molecule has 0 radical (unpaired) electrons. The van der Waals surface area contributed by atoms with Crippen LogP contribution in [0.15, 0.2) is 18.2 Å². The van der Waals surface area contributed by atoms with Crippen molar-refractivity contribution < 1.29 is 18.6 Å². The van der Waals surface area contributed by atoms with Crippen LogP contribution in [0.4, 0.5) is 8.78 Å². The molecule has 1 unspecified atom stereocenters. The maximum Gasteiger partial charge on any atom is 0.162 e. The highest BCUT2D eigenvalue weighted by Gasteiger charge is 2.37. The van der Waals surface area contributed by atoms with Crippen LogP contribution in [0.1, 0.15) is 60.5 Å². The van der Waals surface area contributed by atoms with Crippen molar-refractivity contribution in [1.82, 2.24) is 9.88 Å². The van der Waals surface area contributed by atoms with Gasteiger partial charge in [-0.2, -0.15) is 0 Å². The maximum atomic E-state index is 13.3. The zero-order valence-electron chi connectivity index (χ0n) is 17.5. The first-order valence-corrected chi connectivity index (χ1v) is 11.8. The smallest absolute Gasteiger partial charge is 0.162 e.